The van der Waals surface area contributed by atoms with E-state index in [1.54, 1.807) is 0 Å². The van der Waals surface area contributed by atoms with Gasteiger partial charge in [0.1, 0.15) is 10.6 Å². The van der Waals surface area contributed by atoms with Crippen LogP contribution in [-0.2, 0) is 19.6 Å². The molecule has 1 aliphatic rings. The van der Waals surface area contributed by atoms with Gasteiger partial charge in [0, 0.05) is 26.1 Å². The molecule has 1 fully saturated rings. The molecule has 1 saturated heterocycles. The second-order valence-corrected chi connectivity index (χ2v) is 8.43. The highest BCUT2D eigenvalue weighted by Gasteiger charge is 2.45. The van der Waals surface area contributed by atoms with Crippen molar-refractivity contribution in [2.75, 3.05) is 25.5 Å². The fourth-order valence-electron chi connectivity index (χ4n) is 2.62. The van der Waals surface area contributed by atoms with Gasteiger partial charge in [-0.3, -0.25) is 9.59 Å². The molecule has 0 saturated carbocycles. The lowest BCUT2D eigenvalue weighted by atomic mass is 9.90. The van der Waals surface area contributed by atoms with Gasteiger partial charge in [-0.25, -0.2) is 8.42 Å². The number of carboxylic acid groups (broad SMARTS) is 1. The van der Waals surface area contributed by atoms with Crippen LogP contribution in [0.4, 0.5) is 5.69 Å². The van der Waals surface area contributed by atoms with Crippen LogP contribution in [0.15, 0.2) is 17.0 Å². The number of halogens is 1. The molecule has 1 aliphatic heterocycles. The molecule has 2 N–H and O–H groups in total. The highest BCUT2D eigenvalue weighted by Crippen LogP contribution is 2.39. The number of rotatable bonds is 5. The smallest absolute Gasteiger partial charge is 0.310 e. The van der Waals surface area contributed by atoms with E-state index in [-0.39, 0.29) is 46.8 Å². The van der Waals surface area contributed by atoms with Crippen molar-refractivity contribution in [1.29, 1.82) is 0 Å². The van der Waals surface area contributed by atoms with Crippen LogP contribution >= 0.6 is 11.6 Å². The monoisotopic (exact) mass is 390 g/mol. The van der Waals surface area contributed by atoms with Crippen LogP contribution in [0.3, 0.4) is 0 Å². The predicted octanol–water partition coefficient (Wildman–Crippen LogP) is 1.79. The lowest BCUT2D eigenvalue weighted by Gasteiger charge is -2.21. The van der Waals surface area contributed by atoms with Crippen LogP contribution < -0.4 is 10.1 Å². The SMILES string of the molecule is COc1cc(NC(C)=O)c(Cl)cc1S(=O)(=O)N1CCC(C)(C(=O)O)C1. The second kappa shape index (κ2) is 6.81. The number of carbonyl (C=O) groups excluding carboxylic acids is 1. The average Bonchev–Trinajstić information content (AvgIpc) is 2.93. The van der Waals surface area contributed by atoms with Crippen molar-refractivity contribution < 1.29 is 27.9 Å². The van der Waals surface area contributed by atoms with Gasteiger partial charge in [0.25, 0.3) is 0 Å². The van der Waals surface area contributed by atoms with Crippen LogP contribution in [0, 0.1) is 5.41 Å². The Morgan fingerprint density at radius 1 is 1.40 bits per heavy atom. The zero-order chi connectivity index (χ0) is 19.0. The summed E-state index contributed by atoms with van der Waals surface area (Å²) in [5, 5.41) is 11.8. The molecule has 0 aromatic heterocycles. The molecule has 2 rings (SSSR count). The number of hydrogen-bond donors (Lipinski definition) is 2. The van der Waals surface area contributed by atoms with E-state index < -0.39 is 21.4 Å². The first-order valence-electron chi connectivity index (χ1n) is 7.40. The minimum Gasteiger partial charge on any atom is -0.495 e. The second-order valence-electron chi connectivity index (χ2n) is 6.12. The summed E-state index contributed by atoms with van der Waals surface area (Å²) < 4.78 is 32.1. The number of nitrogens with one attached hydrogen (secondary N) is 1. The van der Waals surface area contributed by atoms with E-state index in [9.17, 15) is 23.1 Å². The number of ether oxygens (including phenoxy) is 1. The van der Waals surface area contributed by atoms with Crippen molar-refractivity contribution in [3.63, 3.8) is 0 Å². The van der Waals surface area contributed by atoms with Crippen molar-refractivity contribution in [2.24, 2.45) is 5.41 Å². The zero-order valence-corrected chi connectivity index (χ0v) is 15.6. The molecule has 0 radical (unpaired) electrons. The minimum absolute atomic E-state index is 0.0112. The lowest BCUT2D eigenvalue weighted by molar-refractivity contribution is -0.146. The number of sulfonamides is 1. The Kier molecular flexibility index (Phi) is 5.31. The van der Waals surface area contributed by atoms with Crippen molar-refractivity contribution in [2.45, 2.75) is 25.2 Å². The summed E-state index contributed by atoms with van der Waals surface area (Å²) in [5.74, 6) is -1.40. The van der Waals surface area contributed by atoms with E-state index in [0.29, 0.717) is 0 Å². The number of amides is 1. The van der Waals surface area contributed by atoms with Crippen LogP contribution in [0.25, 0.3) is 0 Å². The van der Waals surface area contributed by atoms with Crippen LogP contribution in [-0.4, -0.2) is 49.9 Å². The first-order valence-corrected chi connectivity index (χ1v) is 9.22. The van der Waals surface area contributed by atoms with E-state index >= 15 is 0 Å². The molecule has 1 aromatic carbocycles. The maximum atomic E-state index is 12.9. The summed E-state index contributed by atoms with van der Waals surface area (Å²) >= 11 is 6.07. The summed E-state index contributed by atoms with van der Waals surface area (Å²) in [6.45, 7) is 2.75. The predicted molar refractivity (Wildman–Crippen MR) is 91.4 cm³/mol. The fraction of sp³-hybridized carbons (Fsp3) is 0.467. The van der Waals surface area contributed by atoms with Gasteiger partial charge in [-0.1, -0.05) is 11.6 Å². The summed E-state index contributed by atoms with van der Waals surface area (Å²) in [6.07, 6.45) is 0.210. The van der Waals surface area contributed by atoms with Gasteiger partial charge < -0.3 is 15.2 Å². The number of carboxylic acids is 1. The molecule has 10 heteroatoms. The molecule has 8 nitrogen and oxygen atoms in total. The molecular formula is C15H19ClN2O6S. The highest BCUT2D eigenvalue weighted by atomic mass is 35.5. The molecule has 138 valence electrons. The maximum absolute atomic E-state index is 12.9. The third kappa shape index (κ3) is 3.73. The first kappa shape index (κ1) is 19.5. The Balaban J connectivity index is 2.45. The van der Waals surface area contributed by atoms with Crippen molar-refractivity contribution in [3.05, 3.63) is 17.2 Å². The molecule has 1 unspecified atom stereocenters. The van der Waals surface area contributed by atoms with E-state index in [2.05, 4.69) is 5.32 Å². The number of benzene rings is 1. The van der Waals surface area contributed by atoms with Gasteiger partial charge in [0.05, 0.1) is 23.2 Å². The molecule has 1 atom stereocenters. The van der Waals surface area contributed by atoms with E-state index in [1.165, 1.54) is 33.1 Å². The third-order valence-electron chi connectivity index (χ3n) is 4.14. The quantitative estimate of drug-likeness (QED) is 0.792. The normalized spacial score (nSPS) is 21.1. The molecule has 0 aliphatic carbocycles. The number of hydrogen-bond acceptors (Lipinski definition) is 5. The van der Waals surface area contributed by atoms with Gasteiger partial charge >= 0.3 is 5.97 Å². The van der Waals surface area contributed by atoms with Crippen LogP contribution in [0.1, 0.15) is 20.3 Å². The number of aliphatic carboxylic acids is 1. The Morgan fingerprint density at radius 3 is 2.52 bits per heavy atom. The summed E-state index contributed by atoms with van der Waals surface area (Å²) in [7, 11) is -2.71. The summed E-state index contributed by atoms with van der Waals surface area (Å²) in [6, 6.07) is 2.51. The van der Waals surface area contributed by atoms with Gasteiger partial charge in [0.15, 0.2) is 0 Å². The largest absolute Gasteiger partial charge is 0.495 e. The molecule has 25 heavy (non-hydrogen) atoms. The number of methoxy groups -OCH3 is 1. The first-order chi connectivity index (χ1) is 11.5. The zero-order valence-electron chi connectivity index (χ0n) is 14.0. The molecule has 0 bridgehead atoms. The third-order valence-corrected chi connectivity index (χ3v) is 6.32. The van der Waals surface area contributed by atoms with E-state index in [1.807, 2.05) is 0 Å². The molecule has 1 aromatic rings. The molecule has 0 spiro atoms. The molecule has 1 heterocycles. The van der Waals surface area contributed by atoms with Gasteiger partial charge in [-0.05, 0) is 19.4 Å². The average molecular weight is 391 g/mol. The van der Waals surface area contributed by atoms with E-state index in [4.69, 9.17) is 16.3 Å². The molecule has 1 amide bonds. The maximum Gasteiger partial charge on any atom is 0.310 e. The lowest BCUT2D eigenvalue weighted by Crippen LogP contribution is -2.35. The summed E-state index contributed by atoms with van der Waals surface area (Å²) in [5.41, 5.74) is -0.915. The van der Waals surface area contributed by atoms with Gasteiger partial charge in [-0.2, -0.15) is 4.31 Å². The Labute approximate surface area is 150 Å². The standard InChI is InChI=1S/C15H19ClN2O6S/c1-9(19)17-11-7-12(24-3)13(6-10(11)16)25(22,23)18-5-4-15(2,8-18)14(20)21/h6-7H,4-5,8H2,1-3H3,(H,17,19)(H,20,21). The Morgan fingerprint density at radius 2 is 2.04 bits per heavy atom. The van der Waals surface area contributed by atoms with Crippen LogP contribution in [0.2, 0.25) is 5.02 Å². The highest BCUT2D eigenvalue weighted by molar-refractivity contribution is 7.89. The molecular weight excluding hydrogens is 372 g/mol. The van der Waals surface area contributed by atoms with Gasteiger partial charge in [-0.15, -0.1) is 0 Å². The van der Waals surface area contributed by atoms with E-state index in [0.717, 1.165) is 4.31 Å². The van der Waals surface area contributed by atoms with Gasteiger partial charge in [0.2, 0.25) is 15.9 Å². The topological polar surface area (TPSA) is 113 Å². The minimum atomic E-state index is -4.01. The van der Waals surface area contributed by atoms with Crippen molar-refractivity contribution in [3.8, 4) is 5.75 Å². The number of anilines is 1. The number of carbonyl (C=O) groups is 2. The van der Waals surface area contributed by atoms with Crippen molar-refractivity contribution in [1.82, 2.24) is 4.31 Å². The fourth-order valence-corrected chi connectivity index (χ4v) is 4.62. The summed E-state index contributed by atoms with van der Waals surface area (Å²) in [4.78, 5) is 22.4. The number of nitrogens with zero attached hydrogens (tertiary/aromatic N) is 1. The van der Waals surface area contributed by atoms with Crippen molar-refractivity contribution >= 4 is 39.2 Å². The Bertz CT molecular complexity index is 826. The Hall–Kier alpha value is -1.84. The van der Waals surface area contributed by atoms with Crippen LogP contribution in [0.5, 0.6) is 5.75 Å².